The molecule has 152 valence electrons. The summed E-state index contributed by atoms with van der Waals surface area (Å²) in [6.45, 7) is 5.96. The molecule has 0 aliphatic heterocycles. The third-order valence-corrected chi connectivity index (χ3v) is 4.83. The van der Waals surface area contributed by atoms with E-state index in [-0.39, 0.29) is 17.5 Å². The Kier molecular flexibility index (Phi) is 7.00. The number of hydrogen-bond donors (Lipinski definition) is 2. The second-order valence-electron chi connectivity index (χ2n) is 7.07. The summed E-state index contributed by atoms with van der Waals surface area (Å²) in [5, 5.41) is 4.07. The largest absolute Gasteiger partial charge is 0.361 e. The summed E-state index contributed by atoms with van der Waals surface area (Å²) in [6, 6.07) is 13.1. The molecule has 2 amide bonds. The summed E-state index contributed by atoms with van der Waals surface area (Å²) in [4.78, 5) is 34.6. The van der Waals surface area contributed by atoms with Gasteiger partial charge in [0.1, 0.15) is 11.4 Å². The van der Waals surface area contributed by atoms with Crippen molar-refractivity contribution in [1.29, 1.82) is 0 Å². The van der Waals surface area contributed by atoms with Crippen molar-refractivity contribution in [3.8, 4) is 0 Å². The lowest BCUT2D eigenvalue weighted by Gasteiger charge is -2.21. The van der Waals surface area contributed by atoms with Crippen molar-refractivity contribution >= 4 is 22.7 Å². The first-order chi connectivity index (χ1) is 14.1. The highest BCUT2D eigenvalue weighted by Gasteiger charge is 2.17. The lowest BCUT2D eigenvalue weighted by atomic mass is 10.1. The van der Waals surface area contributed by atoms with E-state index < -0.39 is 0 Å². The number of amides is 2. The third kappa shape index (κ3) is 5.02. The summed E-state index contributed by atoms with van der Waals surface area (Å²) in [5.74, 6) is -0.390. The van der Waals surface area contributed by atoms with E-state index in [1.54, 1.807) is 23.1 Å². The van der Waals surface area contributed by atoms with Crippen LogP contribution in [0.15, 0.2) is 48.7 Å². The average Bonchev–Trinajstić information content (AvgIpc) is 3.16. The number of carbonyl (C=O) groups excluding carboxylic acids is 2. The van der Waals surface area contributed by atoms with Crippen molar-refractivity contribution in [2.45, 2.75) is 33.1 Å². The molecule has 2 N–H and O–H groups in total. The van der Waals surface area contributed by atoms with E-state index in [9.17, 15) is 9.59 Å². The monoisotopic (exact) mass is 392 g/mol. The molecule has 6 heteroatoms. The van der Waals surface area contributed by atoms with Crippen LogP contribution in [0.1, 0.15) is 53.2 Å². The molecule has 3 aromatic rings. The topological polar surface area (TPSA) is 78.1 Å². The SMILES string of the molecule is CCCN(CCC)C(=O)c1cccc(C(=O)NCCc2c[nH]c3ccccc23)n1. The number of para-hydroxylation sites is 1. The molecular formula is C23H28N4O2. The molecule has 0 saturated heterocycles. The maximum Gasteiger partial charge on any atom is 0.272 e. The fourth-order valence-corrected chi connectivity index (χ4v) is 3.44. The molecule has 0 unspecified atom stereocenters. The fraction of sp³-hybridized carbons (Fsp3) is 0.348. The maximum absolute atomic E-state index is 12.7. The minimum atomic E-state index is -0.267. The number of fused-ring (bicyclic) bond motifs is 1. The van der Waals surface area contributed by atoms with Crippen molar-refractivity contribution in [3.05, 3.63) is 65.6 Å². The first-order valence-corrected chi connectivity index (χ1v) is 10.2. The van der Waals surface area contributed by atoms with Gasteiger partial charge in [-0.2, -0.15) is 0 Å². The number of H-pyrrole nitrogens is 1. The molecule has 2 heterocycles. The summed E-state index contributed by atoms with van der Waals surface area (Å²) < 4.78 is 0. The van der Waals surface area contributed by atoms with Gasteiger partial charge in [0.15, 0.2) is 0 Å². The Morgan fingerprint density at radius 1 is 1.00 bits per heavy atom. The molecule has 0 atom stereocenters. The zero-order chi connectivity index (χ0) is 20.6. The van der Waals surface area contributed by atoms with Gasteiger partial charge in [-0.15, -0.1) is 0 Å². The van der Waals surface area contributed by atoms with Crippen LogP contribution in [-0.2, 0) is 6.42 Å². The molecule has 6 nitrogen and oxygen atoms in total. The molecule has 0 radical (unpaired) electrons. The van der Waals surface area contributed by atoms with E-state index in [4.69, 9.17) is 0 Å². The quantitative estimate of drug-likeness (QED) is 0.581. The Hall–Kier alpha value is -3.15. The molecule has 0 bridgehead atoms. The Bertz CT molecular complexity index is 974. The zero-order valence-corrected chi connectivity index (χ0v) is 17.1. The standard InChI is InChI=1S/C23H28N4O2/c1-3-14-27(15-4-2)23(29)21-11-7-10-20(26-21)22(28)24-13-12-17-16-25-19-9-6-5-8-18(17)19/h5-11,16,25H,3-4,12-15H2,1-2H3,(H,24,28). The lowest BCUT2D eigenvalue weighted by Crippen LogP contribution is -2.34. The molecule has 29 heavy (non-hydrogen) atoms. The average molecular weight is 393 g/mol. The number of nitrogens with one attached hydrogen (secondary N) is 2. The van der Waals surface area contributed by atoms with Gasteiger partial charge in [0.25, 0.3) is 11.8 Å². The van der Waals surface area contributed by atoms with Crippen molar-refractivity contribution in [2.75, 3.05) is 19.6 Å². The van der Waals surface area contributed by atoms with Crippen LogP contribution in [0.2, 0.25) is 0 Å². The minimum Gasteiger partial charge on any atom is -0.361 e. The van der Waals surface area contributed by atoms with Crippen LogP contribution in [0.5, 0.6) is 0 Å². The Morgan fingerprint density at radius 3 is 2.48 bits per heavy atom. The van der Waals surface area contributed by atoms with Gasteiger partial charge in [0.2, 0.25) is 0 Å². The third-order valence-electron chi connectivity index (χ3n) is 4.83. The van der Waals surface area contributed by atoms with Crippen LogP contribution in [0.25, 0.3) is 10.9 Å². The molecule has 3 rings (SSSR count). The molecule has 0 spiro atoms. The number of nitrogens with zero attached hydrogens (tertiary/aromatic N) is 2. The molecule has 0 aliphatic rings. The zero-order valence-electron chi connectivity index (χ0n) is 17.1. The number of aromatic nitrogens is 2. The van der Waals surface area contributed by atoms with Gasteiger partial charge < -0.3 is 15.2 Å². The number of carbonyl (C=O) groups is 2. The van der Waals surface area contributed by atoms with Crippen LogP contribution >= 0.6 is 0 Å². The fourth-order valence-electron chi connectivity index (χ4n) is 3.44. The Balaban J connectivity index is 1.62. The van der Waals surface area contributed by atoms with Crippen LogP contribution < -0.4 is 5.32 Å². The van der Waals surface area contributed by atoms with E-state index in [1.807, 2.05) is 38.2 Å². The van der Waals surface area contributed by atoms with E-state index in [2.05, 4.69) is 21.4 Å². The second kappa shape index (κ2) is 9.87. The van der Waals surface area contributed by atoms with Gasteiger partial charge >= 0.3 is 0 Å². The highest BCUT2D eigenvalue weighted by molar-refractivity contribution is 5.96. The first kappa shape index (κ1) is 20.6. The smallest absolute Gasteiger partial charge is 0.272 e. The summed E-state index contributed by atoms with van der Waals surface area (Å²) in [7, 11) is 0. The lowest BCUT2D eigenvalue weighted by molar-refractivity contribution is 0.0749. The van der Waals surface area contributed by atoms with E-state index in [0.717, 1.165) is 30.3 Å². The van der Waals surface area contributed by atoms with E-state index in [0.29, 0.717) is 25.3 Å². The predicted molar refractivity (Wildman–Crippen MR) is 115 cm³/mol. The van der Waals surface area contributed by atoms with Crippen molar-refractivity contribution in [2.24, 2.45) is 0 Å². The normalized spacial score (nSPS) is 10.8. The number of hydrogen-bond acceptors (Lipinski definition) is 3. The Morgan fingerprint density at radius 2 is 1.72 bits per heavy atom. The van der Waals surface area contributed by atoms with Gasteiger partial charge in [0, 0.05) is 36.7 Å². The van der Waals surface area contributed by atoms with E-state index >= 15 is 0 Å². The number of aromatic amines is 1. The molecule has 2 aromatic heterocycles. The highest BCUT2D eigenvalue weighted by Crippen LogP contribution is 2.17. The maximum atomic E-state index is 12.7. The first-order valence-electron chi connectivity index (χ1n) is 10.2. The van der Waals surface area contributed by atoms with Crippen LogP contribution in [0.3, 0.4) is 0 Å². The molecule has 0 aliphatic carbocycles. The van der Waals surface area contributed by atoms with Gasteiger partial charge in [-0.1, -0.05) is 38.1 Å². The minimum absolute atomic E-state index is 0.123. The van der Waals surface area contributed by atoms with Gasteiger partial charge in [0.05, 0.1) is 0 Å². The van der Waals surface area contributed by atoms with Crippen LogP contribution in [0, 0.1) is 0 Å². The van der Waals surface area contributed by atoms with Crippen LogP contribution in [-0.4, -0.2) is 46.3 Å². The predicted octanol–water partition coefficient (Wildman–Crippen LogP) is 3.80. The van der Waals surface area contributed by atoms with Crippen molar-refractivity contribution in [3.63, 3.8) is 0 Å². The Labute approximate surface area is 171 Å². The molecule has 1 aromatic carbocycles. The number of benzene rings is 1. The molecular weight excluding hydrogens is 364 g/mol. The van der Waals surface area contributed by atoms with Crippen molar-refractivity contribution in [1.82, 2.24) is 20.2 Å². The number of rotatable bonds is 9. The highest BCUT2D eigenvalue weighted by atomic mass is 16.2. The summed E-state index contributed by atoms with van der Waals surface area (Å²) in [5.41, 5.74) is 2.83. The van der Waals surface area contributed by atoms with E-state index in [1.165, 1.54) is 5.39 Å². The number of pyridine rings is 1. The van der Waals surface area contributed by atoms with Gasteiger partial charge in [-0.3, -0.25) is 9.59 Å². The summed E-state index contributed by atoms with van der Waals surface area (Å²) in [6.07, 6.45) is 4.47. The molecule has 0 fully saturated rings. The summed E-state index contributed by atoms with van der Waals surface area (Å²) >= 11 is 0. The molecule has 0 saturated carbocycles. The van der Waals surface area contributed by atoms with Crippen molar-refractivity contribution < 1.29 is 9.59 Å². The van der Waals surface area contributed by atoms with Gasteiger partial charge in [-0.05, 0) is 43.0 Å². The van der Waals surface area contributed by atoms with Crippen LogP contribution in [0.4, 0.5) is 0 Å². The van der Waals surface area contributed by atoms with Gasteiger partial charge in [-0.25, -0.2) is 4.98 Å². The second-order valence-corrected chi connectivity index (χ2v) is 7.07.